The topological polar surface area (TPSA) is 95.8 Å². The molecule has 0 saturated heterocycles. The number of alkyl halides is 2. The van der Waals surface area contributed by atoms with E-state index >= 15 is 0 Å². The molecule has 2 N–H and O–H groups in total. The van der Waals surface area contributed by atoms with E-state index in [1.54, 1.807) is 18.3 Å². The first-order valence-electron chi connectivity index (χ1n) is 13.1. The number of fused-ring (bicyclic) bond motifs is 1. The fraction of sp³-hybridized carbons (Fsp3) is 0.300. The van der Waals surface area contributed by atoms with Gasteiger partial charge in [0.1, 0.15) is 11.6 Å². The van der Waals surface area contributed by atoms with Crippen LogP contribution < -0.4 is 15.0 Å². The largest absolute Gasteiger partial charge is 0.434 e. The Morgan fingerprint density at radius 1 is 1.20 bits per heavy atom. The molecule has 0 saturated carbocycles. The first kappa shape index (κ1) is 29.6. The van der Waals surface area contributed by atoms with E-state index in [0.717, 1.165) is 22.5 Å². The third-order valence-corrected chi connectivity index (χ3v) is 6.59. The van der Waals surface area contributed by atoms with Crippen LogP contribution in [0.3, 0.4) is 0 Å². The lowest BCUT2D eigenvalue weighted by atomic mass is 10.1. The van der Waals surface area contributed by atoms with Gasteiger partial charge in [-0.1, -0.05) is 24.8 Å². The number of hydrogen-bond acceptors (Lipinski definition) is 7. The summed E-state index contributed by atoms with van der Waals surface area (Å²) >= 11 is 0. The van der Waals surface area contributed by atoms with Gasteiger partial charge in [0.05, 0.1) is 23.7 Å². The number of likely N-dealkylation sites (N-methyl/N-ethyl adjacent to an activating group) is 2. The maximum Gasteiger partial charge on any atom is 0.387 e. The molecule has 41 heavy (non-hydrogen) atoms. The monoisotopic (exact) mass is 564 g/mol. The minimum absolute atomic E-state index is 0.00882. The molecule has 0 bridgehead atoms. The molecule has 2 heterocycles. The lowest BCUT2D eigenvalue weighted by Gasteiger charge is -2.26. The summed E-state index contributed by atoms with van der Waals surface area (Å²) in [5.74, 6) is -0.0783. The van der Waals surface area contributed by atoms with Crippen molar-refractivity contribution in [2.24, 2.45) is 0 Å². The van der Waals surface area contributed by atoms with Crippen molar-refractivity contribution in [3.05, 3.63) is 78.9 Å². The molecule has 9 nitrogen and oxygen atoms in total. The second-order valence-corrected chi connectivity index (χ2v) is 9.79. The number of carbonyl (C=O) groups excluding carboxylic acids is 1. The molecule has 0 spiro atoms. The fourth-order valence-corrected chi connectivity index (χ4v) is 4.58. The van der Waals surface area contributed by atoms with Gasteiger partial charge in [-0.25, -0.2) is 9.97 Å². The number of aliphatic hydroxyl groups is 1. The Labute approximate surface area is 237 Å². The van der Waals surface area contributed by atoms with Crippen LogP contribution in [0.15, 0.2) is 67.5 Å². The maximum absolute atomic E-state index is 13.5. The van der Waals surface area contributed by atoms with E-state index in [4.69, 9.17) is 9.72 Å². The van der Waals surface area contributed by atoms with Gasteiger partial charge in [0.2, 0.25) is 5.91 Å². The average Bonchev–Trinajstić information content (AvgIpc) is 3.31. The number of aromatic nitrogens is 3. The van der Waals surface area contributed by atoms with Crippen molar-refractivity contribution in [2.45, 2.75) is 19.6 Å². The number of para-hydroxylation sites is 1. The third-order valence-electron chi connectivity index (χ3n) is 6.59. The second-order valence-electron chi connectivity index (χ2n) is 9.79. The molecule has 4 rings (SSSR count). The van der Waals surface area contributed by atoms with Crippen LogP contribution in [0.2, 0.25) is 0 Å². The zero-order valence-corrected chi connectivity index (χ0v) is 23.3. The minimum atomic E-state index is -3.05. The summed E-state index contributed by atoms with van der Waals surface area (Å²) in [5.41, 5.74) is 3.80. The highest BCUT2D eigenvalue weighted by Crippen LogP contribution is 2.36. The van der Waals surface area contributed by atoms with Gasteiger partial charge in [0.25, 0.3) is 0 Å². The van der Waals surface area contributed by atoms with Crippen LogP contribution in [-0.2, 0) is 17.8 Å². The van der Waals surface area contributed by atoms with Gasteiger partial charge >= 0.3 is 6.61 Å². The molecule has 0 fully saturated rings. The lowest BCUT2D eigenvalue weighted by Crippen LogP contribution is -2.29. The molecule has 11 heteroatoms. The molecule has 0 unspecified atom stereocenters. The highest BCUT2D eigenvalue weighted by atomic mass is 19.3. The number of benzene rings is 2. The summed E-state index contributed by atoms with van der Waals surface area (Å²) in [5, 5.41) is 13.3. The van der Waals surface area contributed by atoms with E-state index in [2.05, 4.69) is 16.9 Å². The van der Waals surface area contributed by atoms with E-state index < -0.39 is 12.5 Å². The van der Waals surface area contributed by atoms with Crippen LogP contribution in [-0.4, -0.2) is 77.9 Å². The van der Waals surface area contributed by atoms with Gasteiger partial charge in [0, 0.05) is 73.6 Å². The van der Waals surface area contributed by atoms with Crippen molar-refractivity contribution >= 4 is 28.2 Å². The molecular weight excluding hydrogens is 530 g/mol. The molecule has 0 radical (unpaired) electrons. The summed E-state index contributed by atoms with van der Waals surface area (Å²) in [7, 11) is 5.68. The average molecular weight is 565 g/mol. The molecule has 2 aromatic heterocycles. The standard InChI is InChI=1S/C30H34F2N6O3/c1-5-29(40)35-24-16-20(27(41-30(31)32)18-26(24)37(4)13-12-36(2)3)17-28-33-11-10-23(34-28)22-19-38(14-15-39)25-9-7-6-8-21(22)25/h5-11,16,18-19,30,39H,1,12-15,17H2,2-4H3,(H,35,40). The summed E-state index contributed by atoms with van der Waals surface area (Å²) in [6, 6.07) is 12.7. The number of aliphatic hydroxyl groups excluding tert-OH is 1. The second kappa shape index (κ2) is 13.3. The number of halogens is 2. The van der Waals surface area contributed by atoms with Crippen LogP contribution in [0.25, 0.3) is 22.2 Å². The van der Waals surface area contributed by atoms with Crippen LogP contribution in [0.5, 0.6) is 5.75 Å². The number of amides is 1. The van der Waals surface area contributed by atoms with E-state index in [1.807, 2.05) is 66.0 Å². The Morgan fingerprint density at radius 2 is 1.98 bits per heavy atom. The first-order valence-corrected chi connectivity index (χ1v) is 13.1. The van der Waals surface area contributed by atoms with E-state index in [1.165, 1.54) is 6.07 Å². The molecule has 0 atom stereocenters. The normalized spacial score (nSPS) is 11.3. The molecule has 1 amide bonds. The molecule has 0 aliphatic rings. The van der Waals surface area contributed by atoms with Gasteiger partial charge in [0.15, 0.2) is 0 Å². The van der Waals surface area contributed by atoms with Crippen molar-refractivity contribution in [3.63, 3.8) is 0 Å². The van der Waals surface area contributed by atoms with Gasteiger partial charge < -0.3 is 29.5 Å². The summed E-state index contributed by atoms with van der Waals surface area (Å²) < 4.78 is 33.9. The minimum Gasteiger partial charge on any atom is -0.434 e. The van der Waals surface area contributed by atoms with E-state index in [-0.39, 0.29) is 18.8 Å². The van der Waals surface area contributed by atoms with Gasteiger partial charge in [-0.05, 0) is 38.4 Å². The molecule has 2 aromatic carbocycles. The number of ether oxygens (including phenoxy) is 1. The number of nitrogens with one attached hydrogen (secondary N) is 1. The Balaban J connectivity index is 1.75. The van der Waals surface area contributed by atoms with Gasteiger partial charge in [-0.3, -0.25) is 4.79 Å². The predicted molar refractivity (Wildman–Crippen MR) is 157 cm³/mol. The van der Waals surface area contributed by atoms with Crippen molar-refractivity contribution in [1.82, 2.24) is 19.4 Å². The van der Waals surface area contributed by atoms with Gasteiger partial charge in [-0.15, -0.1) is 0 Å². The van der Waals surface area contributed by atoms with Crippen molar-refractivity contribution < 1.29 is 23.4 Å². The molecule has 216 valence electrons. The van der Waals surface area contributed by atoms with Crippen LogP contribution in [0.4, 0.5) is 20.2 Å². The zero-order chi connectivity index (χ0) is 29.5. The summed E-state index contributed by atoms with van der Waals surface area (Å²) in [6.07, 6.45) is 4.77. The quantitative estimate of drug-likeness (QED) is 0.232. The van der Waals surface area contributed by atoms with Crippen molar-refractivity contribution in [3.8, 4) is 17.0 Å². The van der Waals surface area contributed by atoms with Crippen molar-refractivity contribution in [1.29, 1.82) is 0 Å². The highest BCUT2D eigenvalue weighted by Gasteiger charge is 2.20. The smallest absolute Gasteiger partial charge is 0.387 e. The molecular formula is C30H34F2N6O3. The van der Waals surface area contributed by atoms with Crippen LogP contribution >= 0.6 is 0 Å². The van der Waals surface area contributed by atoms with E-state index in [0.29, 0.717) is 48.1 Å². The zero-order valence-electron chi connectivity index (χ0n) is 23.3. The predicted octanol–water partition coefficient (Wildman–Crippen LogP) is 4.41. The van der Waals surface area contributed by atoms with Crippen LogP contribution in [0, 0.1) is 0 Å². The van der Waals surface area contributed by atoms with E-state index in [9.17, 15) is 18.7 Å². The summed E-state index contributed by atoms with van der Waals surface area (Å²) in [6.45, 7) is 2.17. The highest BCUT2D eigenvalue weighted by molar-refractivity contribution is 6.01. The molecule has 0 aliphatic carbocycles. The van der Waals surface area contributed by atoms with Gasteiger partial charge in [-0.2, -0.15) is 8.78 Å². The lowest BCUT2D eigenvalue weighted by molar-refractivity contribution is -0.111. The summed E-state index contributed by atoms with van der Waals surface area (Å²) in [4.78, 5) is 25.3. The Kier molecular flexibility index (Phi) is 9.64. The number of carbonyl (C=O) groups is 1. The number of nitrogens with zero attached hydrogens (tertiary/aromatic N) is 5. The first-order chi connectivity index (χ1) is 19.7. The Hall–Kier alpha value is -4.35. The number of rotatable bonds is 13. The molecule has 4 aromatic rings. The Morgan fingerprint density at radius 3 is 2.68 bits per heavy atom. The number of hydrogen-bond donors (Lipinski definition) is 2. The molecule has 0 aliphatic heterocycles. The SMILES string of the molecule is C=CC(=O)Nc1cc(Cc2nccc(-c3cn(CCO)c4ccccc34)n2)c(OC(F)F)cc1N(C)CCN(C)C. The maximum atomic E-state index is 13.5. The third kappa shape index (κ3) is 7.24. The fourth-order valence-electron chi connectivity index (χ4n) is 4.58. The Bertz CT molecular complexity index is 1520. The number of anilines is 2. The van der Waals surface area contributed by atoms with Crippen molar-refractivity contribution in [2.75, 3.05) is 51.1 Å². The van der Waals surface area contributed by atoms with Crippen LogP contribution in [0.1, 0.15) is 11.4 Å².